The van der Waals surface area contributed by atoms with Crippen molar-refractivity contribution in [1.82, 2.24) is 9.97 Å². The van der Waals surface area contributed by atoms with Crippen molar-refractivity contribution in [2.45, 2.75) is 104 Å². The first-order chi connectivity index (χ1) is 20.8. The minimum absolute atomic E-state index is 1.02. The highest BCUT2D eigenvalue weighted by molar-refractivity contribution is 6.12. The lowest BCUT2D eigenvalue weighted by molar-refractivity contribution is 0.605. The average Bonchev–Trinajstić information content (AvgIpc) is 3.04. The monoisotopic (exact) mass is 556 g/mol. The van der Waals surface area contributed by atoms with Crippen LogP contribution in [0.4, 0.5) is 0 Å². The van der Waals surface area contributed by atoms with Crippen molar-refractivity contribution in [3.63, 3.8) is 0 Å². The summed E-state index contributed by atoms with van der Waals surface area (Å²) in [4.78, 5) is 10.7. The lowest BCUT2D eigenvalue weighted by Crippen LogP contribution is -1.99. The molecule has 2 nitrogen and oxygen atoms in total. The predicted molar refractivity (Wildman–Crippen MR) is 182 cm³/mol. The van der Waals surface area contributed by atoms with Gasteiger partial charge in [0.2, 0.25) is 0 Å². The molecule has 0 fully saturated rings. The SMILES string of the molecule is CCCCCCCCc1cc(-c2ccccc2)c2ccc3c(-c4ccccc4)cc(CCCCCCCC)nc3c2n1. The quantitative estimate of drug-likeness (QED) is 0.0892. The predicted octanol–water partition coefficient (Wildman–Crippen LogP) is 11.9. The molecule has 0 aliphatic carbocycles. The van der Waals surface area contributed by atoms with Gasteiger partial charge in [0.15, 0.2) is 0 Å². The standard InChI is InChI=1S/C40H48N2/c1-3-5-7-9-11-19-25-33-29-37(31-21-15-13-16-22-31)35-27-28-36-38(32-23-17-14-18-24-32)30-34(42-40(36)39(35)41-33)26-20-12-10-8-6-4-2/h13-18,21-24,27-30H,3-12,19-20,25-26H2,1-2H3. The largest absolute Gasteiger partial charge is 0.250 e. The number of fused-ring (bicyclic) bond motifs is 3. The minimum atomic E-state index is 1.02. The van der Waals surface area contributed by atoms with E-state index in [0.29, 0.717) is 0 Å². The molecular formula is C40H48N2. The molecule has 0 amide bonds. The Morgan fingerprint density at radius 3 is 1.21 bits per heavy atom. The molecule has 5 aromatic rings. The number of hydrogen-bond donors (Lipinski definition) is 0. The van der Waals surface area contributed by atoms with Crippen LogP contribution < -0.4 is 0 Å². The number of rotatable bonds is 16. The van der Waals surface area contributed by atoms with Gasteiger partial charge in [-0.05, 0) is 60.1 Å². The second-order valence-electron chi connectivity index (χ2n) is 11.9. The molecule has 0 bridgehead atoms. The summed E-state index contributed by atoms with van der Waals surface area (Å²) in [6, 6.07) is 30.9. The zero-order valence-electron chi connectivity index (χ0n) is 25.9. The van der Waals surface area contributed by atoms with Crippen LogP contribution in [-0.2, 0) is 12.8 Å². The molecule has 0 aliphatic rings. The van der Waals surface area contributed by atoms with Gasteiger partial charge in [0.05, 0.1) is 11.0 Å². The molecular weight excluding hydrogens is 508 g/mol. The maximum atomic E-state index is 5.37. The summed E-state index contributed by atoms with van der Waals surface area (Å²) in [6.45, 7) is 4.56. The Kier molecular flexibility index (Phi) is 11.2. The van der Waals surface area contributed by atoms with E-state index in [9.17, 15) is 0 Å². The van der Waals surface area contributed by atoms with E-state index in [2.05, 4.69) is 98.8 Å². The van der Waals surface area contributed by atoms with Gasteiger partial charge in [-0.15, -0.1) is 0 Å². The van der Waals surface area contributed by atoms with Crippen molar-refractivity contribution in [2.75, 3.05) is 0 Å². The molecule has 2 heteroatoms. The zero-order chi connectivity index (χ0) is 29.0. The fraction of sp³-hybridized carbons (Fsp3) is 0.400. The van der Waals surface area contributed by atoms with Crippen LogP contribution in [0.3, 0.4) is 0 Å². The number of benzene rings is 3. The third-order valence-corrected chi connectivity index (χ3v) is 8.61. The van der Waals surface area contributed by atoms with Crippen molar-refractivity contribution < 1.29 is 0 Å². The van der Waals surface area contributed by atoms with Gasteiger partial charge in [0.1, 0.15) is 0 Å². The molecule has 2 aromatic heterocycles. The van der Waals surface area contributed by atoms with Crippen molar-refractivity contribution >= 4 is 21.8 Å². The highest BCUT2D eigenvalue weighted by atomic mass is 14.8. The molecule has 218 valence electrons. The first-order valence-electron chi connectivity index (χ1n) is 16.7. The Morgan fingerprint density at radius 2 is 0.810 bits per heavy atom. The molecule has 5 rings (SSSR count). The van der Waals surface area contributed by atoms with Crippen LogP contribution in [0, 0.1) is 0 Å². The maximum Gasteiger partial charge on any atom is 0.0974 e. The van der Waals surface area contributed by atoms with Gasteiger partial charge < -0.3 is 0 Å². The Hall–Kier alpha value is -3.52. The zero-order valence-corrected chi connectivity index (χ0v) is 25.9. The molecule has 0 N–H and O–H groups in total. The van der Waals surface area contributed by atoms with E-state index >= 15 is 0 Å². The Balaban J connectivity index is 1.58. The Morgan fingerprint density at radius 1 is 0.429 bits per heavy atom. The highest BCUT2D eigenvalue weighted by Gasteiger charge is 2.16. The Bertz CT molecular complexity index is 1420. The van der Waals surface area contributed by atoms with Crippen molar-refractivity contribution in [3.05, 3.63) is 96.3 Å². The number of pyridine rings is 2. The molecule has 42 heavy (non-hydrogen) atoms. The molecule has 2 heterocycles. The van der Waals surface area contributed by atoms with E-state index in [1.165, 1.54) is 121 Å². The summed E-state index contributed by atoms with van der Waals surface area (Å²) < 4.78 is 0. The van der Waals surface area contributed by atoms with Gasteiger partial charge in [-0.3, -0.25) is 9.97 Å². The number of aryl methyl sites for hydroxylation is 2. The average molecular weight is 557 g/mol. The van der Waals surface area contributed by atoms with Crippen molar-refractivity contribution in [1.29, 1.82) is 0 Å². The maximum absolute atomic E-state index is 5.37. The van der Waals surface area contributed by atoms with Gasteiger partial charge in [0, 0.05) is 22.2 Å². The van der Waals surface area contributed by atoms with Crippen LogP contribution in [0.2, 0.25) is 0 Å². The summed E-state index contributed by atoms with van der Waals surface area (Å²) >= 11 is 0. The first kappa shape index (κ1) is 30.0. The summed E-state index contributed by atoms with van der Waals surface area (Å²) in [5, 5.41) is 2.40. The molecule has 0 unspecified atom stereocenters. The van der Waals surface area contributed by atoms with Gasteiger partial charge in [-0.1, -0.05) is 151 Å². The smallest absolute Gasteiger partial charge is 0.0974 e. The van der Waals surface area contributed by atoms with Crippen LogP contribution in [0.15, 0.2) is 84.9 Å². The molecule has 0 atom stereocenters. The lowest BCUT2D eigenvalue weighted by Gasteiger charge is -2.15. The summed E-state index contributed by atoms with van der Waals surface area (Å²) in [6.07, 6.45) is 17.5. The van der Waals surface area contributed by atoms with Crippen LogP contribution in [-0.4, -0.2) is 9.97 Å². The second kappa shape index (κ2) is 15.6. The summed E-state index contributed by atoms with van der Waals surface area (Å²) in [5.74, 6) is 0. The second-order valence-corrected chi connectivity index (χ2v) is 11.9. The number of unbranched alkanes of at least 4 members (excludes halogenated alkanes) is 10. The topological polar surface area (TPSA) is 25.8 Å². The fourth-order valence-corrected chi connectivity index (χ4v) is 6.22. The van der Waals surface area contributed by atoms with Crippen LogP contribution in [0.25, 0.3) is 44.1 Å². The number of nitrogens with zero attached hydrogens (tertiary/aromatic N) is 2. The first-order valence-corrected chi connectivity index (χ1v) is 16.7. The molecule has 3 aromatic carbocycles. The van der Waals surface area contributed by atoms with E-state index in [1.54, 1.807) is 0 Å². The van der Waals surface area contributed by atoms with Gasteiger partial charge in [-0.2, -0.15) is 0 Å². The van der Waals surface area contributed by atoms with Crippen molar-refractivity contribution in [3.8, 4) is 22.3 Å². The minimum Gasteiger partial charge on any atom is -0.250 e. The summed E-state index contributed by atoms with van der Waals surface area (Å²) in [7, 11) is 0. The molecule has 0 aliphatic heterocycles. The normalized spacial score (nSPS) is 11.5. The van der Waals surface area contributed by atoms with E-state index in [-0.39, 0.29) is 0 Å². The molecule has 0 saturated carbocycles. The third kappa shape index (κ3) is 7.65. The van der Waals surface area contributed by atoms with E-state index < -0.39 is 0 Å². The van der Waals surface area contributed by atoms with E-state index in [1.807, 2.05) is 0 Å². The lowest BCUT2D eigenvalue weighted by atomic mass is 9.94. The van der Waals surface area contributed by atoms with Crippen LogP contribution in [0.1, 0.15) is 102 Å². The van der Waals surface area contributed by atoms with Gasteiger partial charge in [0.25, 0.3) is 0 Å². The Labute approximate surface area is 253 Å². The molecule has 0 radical (unpaired) electrons. The van der Waals surface area contributed by atoms with Gasteiger partial charge in [-0.25, -0.2) is 0 Å². The number of aromatic nitrogens is 2. The van der Waals surface area contributed by atoms with Gasteiger partial charge >= 0.3 is 0 Å². The summed E-state index contributed by atoms with van der Waals surface area (Å²) in [5.41, 5.74) is 9.52. The number of hydrogen-bond acceptors (Lipinski definition) is 2. The highest BCUT2D eigenvalue weighted by Crippen LogP contribution is 2.37. The van der Waals surface area contributed by atoms with E-state index in [4.69, 9.17) is 9.97 Å². The van der Waals surface area contributed by atoms with Crippen LogP contribution in [0.5, 0.6) is 0 Å². The van der Waals surface area contributed by atoms with E-state index in [0.717, 1.165) is 23.9 Å². The molecule has 0 spiro atoms. The fourth-order valence-electron chi connectivity index (χ4n) is 6.22. The molecule has 0 saturated heterocycles. The van der Waals surface area contributed by atoms with Crippen LogP contribution >= 0.6 is 0 Å². The van der Waals surface area contributed by atoms with Crippen molar-refractivity contribution in [2.24, 2.45) is 0 Å². The third-order valence-electron chi connectivity index (χ3n) is 8.61.